The molecule has 372 valence electrons. The second-order valence-corrected chi connectivity index (χ2v) is 20.6. The van der Waals surface area contributed by atoms with Crippen LogP contribution in [0.1, 0.15) is 273 Å². The van der Waals surface area contributed by atoms with E-state index in [2.05, 4.69) is 51.4 Å². The van der Waals surface area contributed by atoms with Crippen LogP contribution in [0.3, 0.4) is 0 Å². The van der Waals surface area contributed by atoms with Crippen LogP contribution >= 0.6 is 0 Å². The summed E-state index contributed by atoms with van der Waals surface area (Å²) in [5.41, 5.74) is 3.59. The number of hydrogen-bond donors (Lipinski definition) is 0. The molecule has 0 unspecified atom stereocenters. The molecule has 2 heterocycles. The van der Waals surface area contributed by atoms with Gasteiger partial charge in [-0.3, -0.25) is 29.0 Å². The Morgan fingerprint density at radius 2 is 0.629 bits per heavy atom. The molecule has 7 rings (SSSR count). The van der Waals surface area contributed by atoms with Crippen molar-refractivity contribution in [1.82, 2.24) is 9.80 Å². The normalized spacial score (nSPS) is 13.4. The van der Waals surface area contributed by atoms with E-state index in [0.717, 1.165) is 133 Å². The van der Waals surface area contributed by atoms with Crippen molar-refractivity contribution in [3.8, 4) is 23.7 Å². The Labute approximate surface area is 420 Å². The van der Waals surface area contributed by atoms with Gasteiger partial charge in [-0.15, -0.1) is 0 Å². The predicted octanol–water partition coefficient (Wildman–Crippen LogP) is 17.4. The van der Waals surface area contributed by atoms with Crippen molar-refractivity contribution >= 4 is 66.7 Å². The largest absolute Gasteiger partial charge is 0.274 e. The highest BCUT2D eigenvalue weighted by atomic mass is 16.2. The molecule has 0 N–H and O–H groups in total. The average molecular weight is 943 g/mol. The summed E-state index contributed by atoms with van der Waals surface area (Å²) in [7, 11) is 0. The molecule has 2 aliphatic heterocycles. The van der Waals surface area contributed by atoms with Crippen molar-refractivity contribution in [2.75, 3.05) is 13.1 Å². The van der Waals surface area contributed by atoms with Crippen LogP contribution in [0.2, 0.25) is 0 Å². The molecular weight excluding hydrogens is 861 g/mol. The molecule has 6 heteroatoms. The Hall–Kier alpha value is -5.20. The summed E-state index contributed by atoms with van der Waals surface area (Å²) in [4.78, 5) is 61.5. The van der Waals surface area contributed by atoms with Crippen LogP contribution in [0.5, 0.6) is 0 Å². The van der Waals surface area contributed by atoms with Crippen molar-refractivity contribution in [3.05, 3.63) is 69.8 Å². The van der Waals surface area contributed by atoms with Gasteiger partial charge in [0.25, 0.3) is 23.6 Å². The maximum atomic E-state index is 14.8. The number of carbonyl (C=O) groups excluding carboxylic acids is 4. The maximum Gasteiger partial charge on any atom is 0.261 e. The van der Waals surface area contributed by atoms with Gasteiger partial charge in [0.15, 0.2) is 0 Å². The van der Waals surface area contributed by atoms with Crippen LogP contribution in [0, 0.1) is 23.7 Å². The molecule has 0 aromatic heterocycles. The molecule has 0 bridgehead atoms. The number of carbonyl (C=O) groups is 4. The van der Waals surface area contributed by atoms with E-state index in [-0.39, 0.29) is 23.6 Å². The topological polar surface area (TPSA) is 74.8 Å². The van der Waals surface area contributed by atoms with Crippen molar-refractivity contribution < 1.29 is 19.2 Å². The number of rotatable bonds is 30. The Balaban J connectivity index is 1.35. The van der Waals surface area contributed by atoms with Gasteiger partial charge in [-0.1, -0.05) is 218 Å². The van der Waals surface area contributed by atoms with Crippen molar-refractivity contribution in [1.29, 1.82) is 0 Å². The first-order chi connectivity index (χ1) is 34.4. The Bertz CT molecular complexity index is 2550. The van der Waals surface area contributed by atoms with Crippen molar-refractivity contribution in [3.63, 3.8) is 0 Å². The average Bonchev–Trinajstić information content (AvgIpc) is 3.37. The minimum atomic E-state index is -0.260. The Morgan fingerprint density at radius 1 is 0.329 bits per heavy atom. The van der Waals surface area contributed by atoms with Gasteiger partial charge >= 0.3 is 0 Å². The van der Waals surface area contributed by atoms with Crippen LogP contribution in [0.4, 0.5) is 0 Å². The molecule has 6 nitrogen and oxygen atoms in total. The van der Waals surface area contributed by atoms with Gasteiger partial charge in [0.05, 0.1) is 0 Å². The molecule has 5 aromatic rings. The van der Waals surface area contributed by atoms with Crippen LogP contribution in [-0.2, 0) is 0 Å². The summed E-state index contributed by atoms with van der Waals surface area (Å²) in [6.45, 7) is 9.69. The molecule has 0 saturated heterocycles. The molecular formula is C64H82N2O4. The second kappa shape index (κ2) is 26.9. The Morgan fingerprint density at radius 3 is 0.971 bits per heavy atom. The number of amides is 4. The zero-order valence-corrected chi connectivity index (χ0v) is 43.6. The highest BCUT2D eigenvalue weighted by molar-refractivity contribution is 6.42. The van der Waals surface area contributed by atoms with Crippen LogP contribution in [0.25, 0.3) is 43.1 Å². The monoisotopic (exact) mass is 943 g/mol. The number of benzene rings is 5. The molecule has 2 aliphatic rings. The summed E-state index contributed by atoms with van der Waals surface area (Å²) in [5.74, 6) is 13.2. The molecule has 0 saturated carbocycles. The van der Waals surface area contributed by atoms with Crippen LogP contribution in [-0.4, -0.2) is 46.5 Å². The fourth-order valence-corrected chi connectivity index (χ4v) is 11.3. The van der Waals surface area contributed by atoms with Gasteiger partial charge in [0, 0.05) is 91.6 Å². The summed E-state index contributed by atoms with van der Waals surface area (Å²) in [6, 6.07) is 11.8. The molecule has 0 atom stereocenters. The smallest absolute Gasteiger partial charge is 0.261 e. The van der Waals surface area contributed by atoms with Crippen molar-refractivity contribution in [2.24, 2.45) is 0 Å². The van der Waals surface area contributed by atoms with Gasteiger partial charge in [-0.05, 0) is 60.7 Å². The SMILES string of the molecule is CCCCCCCCCCC#Cc1cc2c3c(ccc4c5c(C#CCCCCCCCCCC)cc6c7c(ccc(c1c34)c75)C(=O)N(CCCCCCCC)C6=O)C(=O)N(CCCCCCCC)C2=O. The third kappa shape index (κ3) is 12.1. The molecule has 0 aliphatic carbocycles. The van der Waals surface area contributed by atoms with Crippen LogP contribution in [0.15, 0.2) is 36.4 Å². The molecule has 0 radical (unpaired) electrons. The van der Waals surface area contributed by atoms with Gasteiger partial charge in [-0.2, -0.15) is 0 Å². The molecule has 0 spiro atoms. The van der Waals surface area contributed by atoms with E-state index in [9.17, 15) is 19.2 Å². The third-order valence-electron chi connectivity index (χ3n) is 15.2. The first kappa shape index (κ1) is 52.6. The lowest BCUT2D eigenvalue weighted by molar-refractivity contribution is 0.0592. The van der Waals surface area contributed by atoms with E-state index < -0.39 is 0 Å². The summed E-state index contributed by atoms with van der Waals surface area (Å²) < 4.78 is 0. The van der Waals surface area contributed by atoms with E-state index in [1.807, 2.05) is 36.4 Å². The first-order valence-corrected chi connectivity index (χ1v) is 28.4. The highest BCUT2D eigenvalue weighted by Gasteiger charge is 2.38. The fraction of sp³-hybridized carbons (Fsp3) is 0.562. The number of unbranched alkanes of at least 4 members (excludes halogenated alkanes) is 26. The lowest BCUT2D eigenvalue weighted by Gasteiger charge is -2.31. The highest BCUT2D eigenvalue weighted by Crippen LogP contribution is 2.48. The molecule has 0 fully saturated rings. The van der Waals surface area contributed by atoms with Crippen LogP contribution < -0.4 is 0 Å². The number of nitrogens with zero attached hydrogens (tertiary/aromatic N) is 2. The fourth-order valence-electron chi connectivity index (χ4n) is 11.3. The van der Waals surface area contributed by atoms with E-state index in [4.69, 9.17) is 0 Å². The van der Waals surface area contributed by atoms with Gasteiger partial charge in [-0.25, -0.2) is 0 Å². The summed E-state index contributed by atoms with van der Waals surface area (Å²) >= 11 is 0. The number of imide groups is 2. The van der Waals surface area contributed by atoms with Crippen molar-refractivity contribution in [2.45, 2.75) is 220 Å². The van der Waals surface area contributed by atoms with E-state index >= 15 is 0 Å². The summed E-state index contributed by atoms with van der Waals surface area (Å²) in [6.07, 6.45) is 33.7. The lowest BCUT2D eigenvalue weighted by atomic mass is 9.79. The minimum Gasteiger partial charge on any atom is -0.274 e. The third-order valence-corrected chi connectivity index (χ3v) is 15.2. The quantitative estimate of drug-likeness (QED) is 0.0151. The zero-order chi connectivity index (χ0) is 49.2. The van der Waals surface area contributed by atoms with Gasteiger partial charge < -0.3 is 0 Å². The molecule has 5 aromatic carbocycles. The summed E-state index contributed by atoms with van der Waals surface area (Å²) in [5, 5.41) is 6.50. The zero-order valence-electron chi connectivity index (χ0n) is 43.6. The Kier molecular flexibility index (Phi) is 20.2. The lowest BCUT2D eigenvalue weighted by Crippen LogP contribution is -2.41. The number of hydrogen-bond acceptors (Lipinski definition) is 4. The standard InChI is InChI=1S/C64H82N2O4/c1-5-9-13-17-21-23-25-27-29-33-37-47-45-53-57-51(61(67)65(63(53)69)43-35-31-19-15-11-7-3)42-40-50-56-48(38-34-30-28-26-24-22-18-14-10-6-2)46-54-58-52(41-39-49(60(56)58)55(47)59(50)57)62(68)66(64(54)70)44-36-32-20-16-12-8-4/h39-42,45-46H,5-32,35-36,43-44H2,1-4H3. The maximum absolute atomic E-state index is 14.8. The van der Waals surface area contributed by atoms with Gasteiger partial charge in [0.2, 0.25) is 0 Å². The van der Waals surface area contributed by atoms with E-state index in [1.165, 1.54) is 113 Å². The van der Waals surface area contributed by atoms with Gasteiger partial charge in [0.1, 0.15) is 0 Å². The molecule has 70 heavy (non-hydrogen) atoms. The molecule has 4 amide bonds. The second-order valence-electron chi connectivity index (χ2n) is 20.6. The predicted molar refractivity (Wildman–Crippen MR) is 293 cm³/mol. The first-order valence-electron chi connectivity index (χ1n) is 28.4. The van der Waals surface area contributed by atoms with E-state index in [0.29, 0.717) is 46.1 Å². The van der Waals surface area contributed by atoms with E-state index in [1.54, 1.807) is 0 Å². The number of fused-ring (bicyclic) bond motifs is 2. The minimum absolute atomic E-state index is 0.250.